The van der Waals surface area contributed by atoms with Gasteiger partial charge in [0, 0.05) is 15.6 Å². The van der Waals surface area contributed by atoms with Gasteiger partial charge in [-0.05, 0) is 24.1 Å². The number of carbonyl (C=O) groups excluding carboxylic acids is 2. The van der Waals surface area contributed by atoms with E-state index in [0.717, 1.165) is 0 Å². The molecule has 0 aliphatic heterocycles. The SMILES string of the molecule is CC[C@H](C)[C@H](NC(=O)O)C(=O)Nc1ccc(Br)cc1C(=O)c1ccccc1. The van der Waals surface area contributed by atoms with Gasteiger partial charge in [-0.2, -0.15) is 0 Å². The Morgan fingerprint density at radius 1 is 1.11 bits per heavy atom. The highest BCUT2D eigenvalue weighted by Crippen LogP contribution is 2.25. The molecule has 2 rings (SSSR count). The van der Waals surface area contributed by atoms with Gasteiger partial charge < -0.3 is 15.7 Å². The summed E-state index contributed by atoms with van der Waals surface area (Å²) in [6.45, 7) is 3.66. The normalized spacial score (nSPS) is 12.7. The molecule has 0 aliphatic rings. The standard InChI is InChI=1S/C20H21BrN2O4/c1-3-12(2)17(23-20(26)27)19(25)22-16-10-9-14(21)11-15(16)18(24)13-7-5-4-6-8-13/h4-12,17,23H,3H2,1-2H3,(H,22,25)(H,26,27)/t12-,17-/m0/s1. The zero-order chi connectivity index (χ0) is 20.0. The summed E-state index contributed by atoms with van der Waals surface area (Å²) >= 11 is 3.34. The second-order valence-electron chi connectivity index (χ2n) is 6.19. The third-order valence-electron chi connectivity index (χ3n) is 4.29. The first-order valence-corrected chi connectivity index (χ1v) is 9.32. The predicted octanol–water partition coefficient (Wildman–Crippen LogP) is 4.30. The van der Waals surface area contributed by atoms with E-state index in [9.17, 15) is 14.4 Å². The molecule has 6 nitrogen and oxygen atoms in total. The molecule has 7 heteroatoms. The van der Waals surface area contributed by atoms with Crippen LogP contribution in [0.25, 0.3) is 0 Å². The monoisotopic (exact) mass is 432 g/mol. The second-order valence-corrected chi connectivity index (χ2v) is 7.10. The second kappa shape index (κ2) is 9.32. The number of halogens is 1. The summed E-state index contributed by atoms with van der Waals surface area (Å²) in [6.07, 6.45) is -0.652. The first kappa shape index (κ1) is 20.6. The Morgan fingerprint density at radius 3 is 2.37 bits per heavy atom. The predicted molar refractivity (Wildman–Crippen MR) is 107 cm³/mol. The molecule has 0 heterocycles. The van der Waals surface area contributed by atoms with Crippen molar-refractivity contribution in [2.24, 2.45) is 5.92 Å². The number of hydrogen-bond donors (Lipinski definition) is 3. The van der Waals surface area contributed by atoms with E-state index < -0.39 is 18.0 Å². The lowest BCUT2D eigenvalue weighted by molar-refractivity contribution is -0.119. The lowest BCUT2D eigenvalue weighted by Gasteiger charge is -2.22. The van der Waals surface area contributed by atoms with Crippen molar-refractivity contribution in [1.82, 2.24) is 5.32 Å². The zero-order valence-electron chi connectivity index (χ0n) is 15.0. The molecule has 0 spiro atoms. The van der Waals surface area contributed by atoms with Crippen molar-refractivity contribution >= 4 is 39.4 Å². The molecule has 0 saturated carbocycles. The Bertz CT molecular complexity index is 839. The average molecular weight is 433 g/mol. The number of amides is 2. The van der Waals surface area contributed by atoms with Crippen molar-refractivity contribution in [3.63, 3.8) is 0 Å². The molecule has 2 amide bonds. The molecule has 0 unspecified atom stereocenters. The molecule has 0 saturated heterocycles. The van der Waals surface area contributed by atoms with E-state index in [4.69, 9.17) is 5.11 Å². The van der Waals surface area contributed by atoms with Crippen LogP contribution >= 0.6 is 15.9 Å². The third kappa shape index (κ3) is 5.40. The molecule has 27 heavy (non-hydrogen) atoms. The van der Waals surface area contributed by atoms with Gasteiger partial charge in [-0.25, -0.2) is 4.79 Å². The van der Waals surface area contributed by atoms with Crippen LogP contribution < -0.4 is 10.6 Å². The summed E-state index contributed by atoms with van der Waals surface area (Å²) in [5.74, 6) is -0.945. The molecule has 0 radical (unpaired) electrons. The molecule has 2 aromatic carbocycles. The van der Waals surface area contributed by atoms with Crippen molar-refractivity contribution in [3.8, 4) is 0 Å². The van der Waals surface area contributed by atoms with Crippen molar-refractivity contribution in [2.45, 2.75) is 26.3 Å². The van der Waals surface area contributed by atoms with E-state index >= 15 is 0 Å². The molecule has 2 aromatic rings. The van der Waals surface area contributed by atoms with Gasteiger partial charge in [-0.15, -0.1) is 0 Å². The van der Waals surface area contributed by atoms with Gasteiger partial charge in [-0.1, -0.05) is 66.5 Å². The summed E-state index contributed by atoms with van der Waals surface area (Å²) in [5, 5.41) is 14.0. The van der Waals surface area contributed by atoms with Crippen molar-refractivity contribution in [2.75, 3.05) is 5.32 Å². The van der Waals surface area contributed by atoms with Crippen LogP contribution in [0.15, 0.2) is 53.0 Å². The average Bonchev–Trinajstić information content (AvgIpc) is 2.66. The highest BCUT2D eigenvalue weighted by Gasteiger charge is 2.27. The van der Waals surface area contributed by atoms with Crippen LogP contribution in [0.5, 0.6) is 0 Å². The van der Waals surface area contributed by atoms with Gasteiger partial charge in [0.05, 0.1) is 5.69 Å². The largest absolute Gasteiger partial charge is 0.465 e. The summed E-state index contributed by atoms with van der Waals surface area (Å²) in [4.78, 5) is 36.6. The number of carbonyl (C=O) groups is 3. The van der Waals surface area contributed by atoms with Crippen LogP contribution in [-0.2, 0) is 4.79 Å². The Labute approximate surface area is 166 Å². The molecule has 0 fully saturated rings. The van der Waals surface area contributed by atoms with Crippen molar-refractivity contribution < 1.29 is 19.5 Å². The van der Waals surface area contributed by atoms with Crippen molar-refractivity contribution in [1.29, 1.82) is 0 Å². The number of hydrogen-bond acceptors (Lipinski definition) is 3. The maximum atomic E-state index is 12.9. The van der Waals surface area contributed by atoms with Crippen molar-refractivity contribution in [3.05, 3.63) is 64.1 Å². The first-order chi connectivity index (χ1) is 12.8. The number of rotatable bonds is 7. The van der Waals surface area contributed by atoms with Gasteiger partial charge in [0.25, 0.3) is 0 Å². The van der Waals surface area contributed by atoms with Crippen LogP contribution in [0, 0.1) is 5.92 Å². The highest BCUT2D eigenvalue weighted by molar-refractivity contribution is 9.10. The first-order valence-electron chi connectivity index (χ1n) is 8.53. The maximum Gasteiger partial charge on any atom is 0.405 e. The Kier molecular flexibility index (Phi) is 7.12. The lowest BCUT2D eigenvalue weighted by atomic mass is 9.97. The lowest BCUT2D eigenvalue weighted by Crippen LogP contribution is -2.47. The number of nitrogens with one attached hydrogen (secondary N) is 2. The fourth-order valence-electron chi connectivity index (χ4n) is 2.60. The van der Waals surface area contributed by atoms with E-state index in [-0.39, 0.29) is 11.7 Å². The molecular weight excluding hydrogens is 412 g/mol. The molecule has 0 bridgehead atoms. The fraction of sp³-hybridized carbons (Fsp3) is 0.250. The van der Waals surface area contributed by atoms with Crippen LogP contribution in [0.4, 0.5) is 10.5 Å². The van der Waals surface area contributed by atoms with Crippen LogP contribution in [0.2, 0.25) is 0 Å². The Hall–Kier alpha value is -2.67. The minimum atomic E-state index is -1.27. The number of anilines is 1. The molecule has 0 aromatic heterocycles. The van der Waals surface area contributed by atoms with Gasteiger partial charge in [0.1, 0.15) is 6.04 Å². The number of ketones is 1. The quantitative estimate of drug-likeness (QED) is 0.568. The van der Waals surface area contributed by atoms with Gasteiger partial charge in [0.15, 0.2) is 5.78 Å². The van der Waals surface area contributed by atoms with Crippen LogP contribution in [-0.4, -0.2) is 28.9 Å². The molecule has 0 aliphatic carbocycles. The van der Waals surface area contributed by atoms with Gasteiger partial charge in [0.2, 0.25) is 5.91 Å². The Morgan fingerprint density at radius 2 is 1.78 bits per heavy atom. The van der Waals surface area contributed by atoms with E-state index in [0.29, 0.717) is 27.7 Å². The molecular formula is C20H21BrN2O4. The fourth-order valence-corrected chi connectivity index (χ4v) is 2.96. The molecule has 2 atom stereocenters. The topological polar surface area (TPSA) is 95.5 Å². The summed E-state index contributed by atoms with van der Waals surface area (Å²) in [6, 6.07) is 12.8. The number of carboxylic acid groups (broad SMARTS) is 1. The highest BCUT2D eigenvalue weighted by atomic mass is 79.9. The minimum absolute atomic E-state index is 0.204. The van der Waals surface area contributed by atoms with Gasteiger partial charge in [-0.3, -0.25) is 9.59 Å². The minimum Gasteiger partial charge on any atom is -0.465 e. The molecule has 3 N–H and O–H groups in total. The smallest absolute Gasteiger partial charge is 0.405 e. The van der Waals surface area contributed by atoms with Gasteiger partial charge >= 0.3 is 6.09 Å². The van der Waals surface area contributed by atoms with Crippen LogP contribution in [0.3, 0.4) is 0 Å². The van der Waals surface area contributed by atoms with E-state index in [2.05, 4.69) is 26.6 Å². The maximum absolute atomic E-state index is 12.9. The third-order valence-corrected chi connectivity index (χ3v) is 4.79. The Balaban J connectivity index is 2.34. The van der Waals surface area contributed by atoms with Crippen LogP contribution in [0.1, 0.15) is 36.2 Å². The number of benzene rings is 2. The van der Waals surface area contributed by atoms with E-state index in [1.54, 1.807) is 49.4 Å². The van der Waals surface area contributed by atoms with E-state index in [1.807, 2.05) is 13.0 Å². The summed E-state index contributed by atoms with van der Waals surface area (Å²) in [5.41, 5.74) is 1.15. The van der Waals surface area contributed by atoms with E-state index in [1.165, 1.54) is 0 Å². The molecule has 142 valence electrons. The zero-order valence-corrected chi connectivity index (χ0v) is 16.6. The summed E-state index contributed by atoms with van der Waals surface area (Å²) in [7, 11) is 0. The summed E-state index contributed by atoms with van der Waals surface area (Å²) < 4.78 is 0.696.